The molecule has 2 N–H and O–H groups in total. The lowest BCUT2D eigenvalue weighted by molar-refractivity contribution is -0.0207. The molecule has 0 spiro atoms. The molecule has 0 aromatic carbocycles. The number of nitrogens with zero attached hydrogens (tertiary/aromatic N) is 1. The van der Waals surface area contributed by atoms with Crippen molar-refractivity contribution in [2.24, 2.45) is 0 Å². The van der Waals surface area contributed by atoms with E-state index >= 15 is 0 Å². The van der Waals surface area contributed by atoms with Gasteiger partial charge in [0.2, 0.25) is 0 Å². The summed E-state index contributed by atoms with van der Waals surface area (Å²) < 4.78 is 0. The van der Waals surface area contributed by atoms with Gasteiger partial charge < -0.3 is 10.2 Å². The monoisotopic (exact) mass is 131 g/mol. The van der Waals surface area contributed by atoms with Crippen LogP contribution >= 0.6 is 0 Å². The highest BCUT2D eigenvalue weighted by molar-refractivity contribution is 4.88. The maximum Gasteiger partial charge on any atom is 0.0587 e. The minimum Gasteiger partial charge on any atom is -0.395 e. The van der Waals surface area contributed by atoms with Crippen LogP contribution in [-0.4, -0.2) is 47.5 Å². The molecule has 1 aliphatic heterocycles. The van der Waals surface area contributed by atoms with E-state index in [1.165, 1.54) is 0 Å². The standard InChI is InChI=1S/C6H13NO2/c1-7-5(3-8)2-6(7)4-9/h5-6,8-9H,2-4H2,1H3. The molecule has 0 aromatic rings. The first kappa shape index (κ1) is 6.99. The second-order valence-electron chi connectivity index (χ2n) is 2.57. The topological polar surface area (TPSA) is 43.7 Å². The van der Waals surface area contributed by atoms with Crippen LogP contribution in [0.4, 0.5) is 0 Å². The predicted octanol–water partition coefficient (Wildman–Crippen LogP) is -0.956. The molecule has 0 amide bonds. The van der Waals surface area contributed by atoms with Crippen LogP contribution in [0.2, 0.25) is 0 Å². The Balaban J connectivity index is 2.24. The molecule has 3 heteroatoms. The molecule has 0 radical (unpaired) electrons. The molecule has 0 saturated carbocycles. The van der Waals surface area contributed by atoms with Crippen molar-refractivity contribution in [3.63, 3.8) is 0 Å². The summed E-state index contributed by atoms with van der Waals surface area (Å²) in [7, 11) is 1.92. The Kier molecular flexibility index (Phi) is 2.05. The molecule has 0 bridgehead atoms. The molecule has 54 valence electrons. The van der Waals surface area contributed by atoms with E-state index in [0.29, 0.717) is 12.1 Å². The summed E-state index contributed by atoms with van der Waals surface area (Å²) in [4.78, 5) is 2.00. The van der Waals surface area contributed by atoms with Crippen LogP contribution in [0.3, 0.4) is 0 Å². The van der Waals surface area contributed by atoms with Gasteiger partial charge in [0.25, 0.3) is 0 Å². The van der Waals surface area contributed by atoms with E-state index in [2.05, 4.69) is 0 Å². The molecule has 1 fully saturated rings. The lowest BCUT2D eigenvalue weighted by atomic mass is 9.95. The van der Waals surface area contributed by atoms with Crippen LogP contribution in [0.15, 0.2) is 0 Å². The average Bonchev–Trinajstić information content (AvgIpc) is 1.87. The average molecular weight is 131 g/mol. The molecule has 1 aliphatic rings. The van der Waals surface area contributed by atoms with Crippen LogP contribution < -0.4 is 0 Å². The summed E-state index contributed by atoms with van der Waals surface area (Å²) in [6, 6.07) is 0.587. The molecule has 2 atom stereocenters. The lowest BCUT2D eigenvalue weighted by Gasteiger charge is -2.44. The Bertz CT molecular complexity index is 87.1. The van der Waals surface area contributed by atoms with Crippen molar-refractivity contribution >= 4 is 0 Å². The lowest BCUT2D eigenvalue weighted by Crippen LogP contribution is -2.56. The molecule has 1 heterocycles. The van der Waals surface area contributed by atoms with E-state index in [-0.39, 0.29) is 13.2 Å². The predicted molar refractivity (Wildman–Crippen MR) is 34.1 cm³/mol. The van der Waals surface area contributed by atoms with E-state index in [0.717, 1.165) is 6.42 Å². The number of rotatable bonds is 2. The van der Waals surface area contributed by atoms with Gasteiger partial charge in [0.15, 0.2) is 0 Å². The first-order valence-electron chi connectivity index (χ1n) is 3.23. The van der Waals surface area contributed by atoms with Crippen molar-refractivity contribution in [1.82, 2.24) is 4.90 Å². The third-order valence-electron chi connectivity index (χ3n) is 2.12. The second-order valence-corrected chi connectivity index (χ2v) is 2.57. The largest absolute Gasteiger partial charge is 0.395 e. The smallest absolute Gasteiger partial charge is 0.0587 e. The van der Waals surface area contributed by atoms with Crippen LogP contribution in [0.1, 0.15) is 6.42 Å². The maximum atomic E-state index is 8.65. The van der Waals surface area contributed by atoms with Crippen molar-refractivity contribution in [1.29, 1.82) is 0 Å². The first-order chi connectivity index (χ1) is 4.29. The Morgan fingerprint density at radius 1 is 1.33 bits per heavy atom. The van der Waals surface area contributed by atoms with Gasteiger partial charge in [-0.15, -0.1) is 0 Å². The van der Waals surface area contributed by atoms with Gasteiger partial charge in [0.05, 0.1) is 13.2 Å². The van der Waals surface area contributed by atoms with Crippen molar-refractivity contribution < 1.29 is 10.2 Å². The van der Waals surface area contributed by atoms with Crippen molar-refractivity contribution in [2.75, 3.05) is 20.3 Å². The van der Waals surface area contributed by atoms with Gasteiger partial charge in [-0.05, 0) is 13.5 Å². The number of likely N-dealkylation sites (tertiary alicyclic amines) is 1. The normalized spacial score (nSPS) is 36.3. The third-order valence-corrected chi connectivity index (χ3v) is 2.12. The Morgan fingerprint density at radius 3 is 2.00 bits per heavy atom. The van der Waals surface area contributed by atoms with Crippen molar-refractivity contribution in [2.45, 2.75) is 18.5 Å². The zero-order valence-corrected chi connectivity index (χ0v) is 5.62. The summed E-state index contributed by atoms with van der Waals surface area (Å²) in [5.41, 5.74) is 0. The summed E-state index contributed by atoms with van der Waals surface area (Å²) in [5, 5.41) is 17.3. The van der Waals surface area contributed by atoms with Gasteiger partial charge >= 0.3 is 0 Å². The molecule has 0 aromatic heterocycles. The summed E-state index contributed by atoms with van der Waals surface area (Å²) >= 11 is 0. The van der Waals surface area contributed by atoms with Gasteiger partial charge in [0, 0.05) is 12.1 Å². The van der Waals surface area contributed by atoms with Gasteiger partial charge in [-0.2, -0.15) is 0 Å². The van der Waals surface area contributed by atoms with E-state index in [1.807, 2.05) is 11.9 Å². The molecule has 3 nitrogen and oxygen atoms in total. The van der Waals surface area contributed by atoms with E-state index in [1.54, 1.807) is 0 Å². The van der Waals surface area contributed by atoms with Gasteiger partial charge in [-0.3, -0.25) is 4.90 Å². The van der Waals surface area contributed by atoms with Crippen LogP contribution in [0, 0.1) is 0 Å². The highest BCUT2D eigenvalue weighted by atomic mass is 16.3. The van der Waals surface area contributed by atoms with Crippen LogP contribution in [-0.2, 0) is 0 Å². The number of aliphatic hydroxyl groups excluding tert-OH is 2. The summed E-state index contributed by atoms with van der Waals surface area (Å²) in [6.07, 6.45) is 0.934. The molecule has 2 unspecified atom stereocenters. The Labute approximate surface area is 54.9 Å². The van der Waals surface area contributed by atoms with Crippen LogP contribution in [0.25, 0.3) is 0 Å². The van der Waals surface area contributed by atoms with Gasteiger partial charge in [-0.1, -0.05) is 0 Å². The zero-order valence-electron chi connectivity index (χ0n) is 5.62. The third kappa shape index (κ3) is 1.08. The number of hydrogen-bond donors (Lipinski definition) is 2. The quantitative estimate of drug-likeness (QED) is 0.507. The van der Waals surface area contributed by atoms with E-state index in [9.17, 15) is 0 Å². The Hall–Kier alpha value is -0.120. The first-order valence-corrected chi connectivity index (χ1v) is 3.23. The molecular formula is C6H13NO2. The Morgan fingerprint density at radius 2 is 1.78 bits per heavy atom. The summed E-state index contributed by atoms with van der Waals surface area (Å²) in [6.45, 7) is 0.431. The highest BCUT2D eigenvalue weighted by Crippen LogP contribution is 2.21. The second kappa shape index (κ2) is 2.64. The fourth-order valence-electron chi connectivity index (χ4n) is 1.21. The summed E-state index contributed by atoms with van der Waals surface area (Å²) in [5.74, 6) is 0. The van der Waals surface area contributed by atoms with E-state index in [4.69, 9.17) is 10.2 Å². The molecule has 1 rings (SSSR count). The fraction of sp³-hybridized carbons (Fsp3) is 1.00. The highest BCUT2D eigenvalue weighted by Gasteiger charge is 2.33. The SMILES string of the molecule is CN1C(CO)CC1CO. The minimum atomic E-state index is 0.215. The van der Waals surface area contributed by atoms with Gasteiger partial charge in [0.1, 0.15) is 0 Å². The van der Waals surface area contributed by atoms with Crippen LogP contribution in [0.5, 0.6) is 0 Å². The number of hydrogen-bond acceptors (Lipinski definition) is 3. The van der Waals surface area contributed by atoms with E-state index < -0.39 is 0 Å². The molecular weight excluding hydrogens is 118 g/mol. The number of likely N-dealkylation sites (N-methyl/N-ethyl adjacent to an activating group) is 1. The number of aliphatic hydroxyl groups is 2. The van der Waals surface area contributed by atoms with Gasteiger partial charge in [-0.25, -0.2) is 0 Å². The van der Waals surface area contributed by atoms with Crippen molar-refractivity contribution in [3.05, 3.63) is 0 Å². The van der Waals surface area contributed by atoms with Crippen molar-refractivity contribution in [3.8, 4) is 0 Å². The molecule has 9 heavy (non-hydrogen) atoms. The molecule has 1 saturated heterocycles. The fourth-order valence-corrected chi connectivity index (χ4v) is 1.21. The maximum absolute atomic E-state index is 8.65. The zero-order chi connectivity index (χ0) is 6.85. The molecule has 0 aliphatic carbocycles. The minimum absolute atomic E-state index is 0.215.